The summed E-state index contributed by atoms with van der Waals surface area (Å²) in [7, 11) is 0. The van der Waals surface area contributed by atoms with Crippen LogP contribution in [0.4, 0.5) is 8.78 Å². The highest BCUT2D eigenvalue weighted by molar-refractivity contribution is 8.00. The quantitative estimate of drug-likeness (QED) is 0.527. The van der Waals surface area contributed by atoms with Gasteiger partial charge in [-0.05, 0) is 36.9 Å². The molecule has 0 aliphatic rings. The van der Waals surface area contributed by atoms with Crippen LogP contribution in [0.15, 0.2) is 41.8 Å². The summed E-state index contributed by atoms with van der Waals surface area (Å²) < 4.78 is 25.6. The van der Waals surface area contributed by atoms with E-state index in [-0.39, 0.29) is 0 Å². The van der Waals surface area contributed by atoms with Crippen LogP contribution in [-0.2, 0) is 0 Å². The number of thioether (sulfide) groups is 1. The van der Waals surface area contributed by atoms with Gasteiger partial charge in [0.15, 0.2) is 0 Å². The largest absolute Gasteiger partial charge is 0.316 e. The molecular formula is C10H10F2S. The van der Waals surface area contributed by atoms with Gasteiger partial charge in [0.05, 0.1) is 0 Å². The summed E-state index contributed by atoms with van der Waals surface area (Å²) in [6, 6.07) is 6.97. The number of hydrogen-bond donors (Lipinski definition) is 0. The molecule has 0 radical (unpaired) electrons. The maximum atomic E-state index is 12.8. The Bertz CT molecular complexity index is 290. The topological polar surface area (TPSA) is 0 Å². The van der Waals surface area contributed by atoms with Crippen molar-refractivity contribution in [3.8, 4) is 0 Å². The minimum atomic E-state index is -2.88. The first-order chi connectivity index (χ1) is 6.03. The van der Waals surface area contributed by atoms with Crippen LogP contribution in [0.1, 0.15) is 5.56 Å². The Morgan fingerprint density at radius 3 is 2.31 bits per heavy atom. The lowest BCUT2D eigenvalue weighted by molar-refractivity contribution is 0.163. The van der Waals surface area contributed by atoms with Crippen LogP contribution in [0.5, 0.6) is 0 Å². The lowest BCUT2D eigenvalue weighted by atomic mass is 10.2. The van der Waals surface area contributed by atoms with Crippen LogP contribution < -0.4 is 0 Å². The van der Waals surface area contributed by atoms with Gasteiger partial charge >= 0.3 is 5.25 Å². The zero-order chi connectivity index (χ0) is 9.90. The van der Waals surface area contributed by atoms with Crippen molar-refractivity contribution in [2.75, 3.05) is 0 Å². The molecule has 1 aromatic carbocycles. The third-order valence-corrected chi connectivity index (χ3v) is 2.46. The Kier molecular flexibility index (Phi) is 3.09. The number of halogens is 2. The van der Waals surface area contributed by atoms with E-state index in [1.165, 1.54) is 0 Å². The van der Waals surface area contributed by atoms with E-state index in [0.29, 0.717) is 22.7 Å². The second kappa shape index (κ2) is 3.92. The van der Waals surface area contributed by atoms with Crippen LogP contribution in [-0.4, -0.2) is 5.25 Å². The Balaban J connectivity index is 2.75. The molecule has 0 unspecified atom stereocenters. The van der Waals surface area contributed by atoms with Crippen LogP contribution in [0.2, 0.25) is 0 Å². The molecule has 0 saturated carbocycles. The van der Waals surface area contributed by atoms with E-state index in [1.54, 1.807) is 12.1 Å². The van der Waals surface area contributed by atoms with Crippen LogP contribution in [0, 0.1) is 6.92 Å². The smallest absolute Gasteiger partial charge is 0.189 e. The first kappa shape index (κ1) is 10.3. The monoisotopic (exact) mass is 200 g/mol. The molecule has 0 aromatic heterocycles. The average Bonchev–Trinajstić information content (AvgIpc) is 2.09. The zero-order valence-electron chi connectivity index (χ0n) is 7.26. The Labute approximate surface area is 80.7 Å². The fourth-order valence-electron chi connectivity index (χ4n) is 0.805. The van der Waals surface area contributed by atoms with Gasteiger partial charge in [0.25, 0.3) is 0 Å². The standard InChI is InChI=1S/C10H10F2S/c1-3-10(11,12)13-9-6-4-8(2)5-7-9/h3-7H,1H2,2H3. The fourth-order valence-corrected chi connectivity index (χ4v) is 1.47. The van der Waals surface area contributed by atoms with E-state index in [4.69, 9.17) is 0 Å². The molecule has 0 aliphatic heterocycles. The second-order valence-corrected chi connectivity index (χ2v) is 3.90. The van der Waals surface area contributed by atoms with Crippen molar-refractivity contribution in [2.45, 2.75) is 17.1 Å². The zero-order valence-corrected chi connectivity index (χ0v) is 8.07. The summed E-state index contributed by atoms with van der Waals surface area (Å²) in [5.41, 5.74) is 1.06. The van der Waals surface area contributed by atoms with E-state index >= 15 is 0 Å². The van der Waals surface area contributed by atoms with Gasteiger partial charge in [0.2, 0.25) is 0 Å². The lowest BCUT2D eigenvalue weighted by Crippen LogP contribution is -2.03. The van der Waals surface area contributed by atoms with Crippen molar-refractivity contribution in [1.82, 2.24) is 0 Å². The van der Waals surface area contributed by atoms with E-state index in [0.717, 1.165) is 5.56 Å². The van der Waals surface area contributed by atoms with E-state index in [2.05, 4.69) is 6.58 Å². The maximum Gasteiger partial charge on any atom is 0.316 e. The van der Waals surface area contributed by atoms with Crippen molar-refractivity contribution < 1.29 is 8.78 Å². The first-order valence-electron chi connectivity index (χ1n) is 3.80. The molecule has 1 rings (SSSR count). The summed E-state index contributed by atoms with van der Waals surface area (Å²) in [6.45, 7) is 4.99. The van der Waals surface area contributed by atoms with E-state index in [1.807, 2.05) is 19.1 Å². The highest BCUT2D eigenvalue weighted by Crippen LogP contribution is 2.36. The SMILES string of the molecule is C=CC(F)(F)Sc1ccc(C)cc1. The van der Waals surface area contributed by atoms with Gasteiger partial charge in [-0.15, -0.1) is 0 Å². The fraction of sp³-hybridized carbons (Fsp3) is 0.200. The van der Waals surface area contributed by atoms with Gasteiger partial charge in [0.1, 0.15) is 0 Å². The normalized spacial score (nSPS) is 11.3. The van der Waals surface area contributed by atoms with Crippen molar-refractivity contribution in [3.63, 3.8) is 0 Å². The summed E-state index contributed by atoms with van der Waals surface area (Å²) in [5, 5.41) is -2.88. The number of rotatable bonds is 3. The molecule has 0 aliphatic carbocycles. The minimum absolute atomic E-state index is 0.503. The van der Waals surface area contributed by atoms with Crippen molar-refractivity contribution in [3.05, 3.63) is 42.5 Å². The highest BCUT2D eigenvalue weighted by atomic mass is 32.2. The van der Waals surface area contributed by atoms with Gasteiger partial charge in [-0.25, -0.2) is 0 Å². The molecule has 0 bridgehead atoms. The molecule has 0 saturated heterocycles. The molecule has 0 spiro atoms. The predicted molar refractivity (Wildman–Crippen MR) is 52.2 cm³/mol. The maximum absolute atomic E-state index is 12.8. The molecule has 1 aromatic rings. The average molecular weight is 200 g/mol. The van der Waals surface area contributed by atoms with Crippen molar-refractivity contribution in [1.29, 1.82) is 0 Å². The number of hydrogen-bond acceptors (Lipinski definition) is 1. The Morgan fingerprint density at radius 1 is 1.31 bits per heavy atom. The van der Waals surface area contributed by atoms with Gasteiger partial charge < -0.3 is 0 Å². The molecule has 13 heavy (non-hydrogen) atoms. The molecule has 3 heteroatoms. The molecule has 0 fully saturated rings. The van der Waals surface area contributed by atoms with Crippen molar-refractivity contribution >= 4 is 11.8 Å². The predicted octanol–water partition coefficient (Wildman–Crippen LogP) is 3.87. The summed E-state index contributed by atoms with van der Waals surface area (Å²) in [6.07, 6.45) is 0.650. The molecule has 0 N–H and O–H groups in total. The van der Waals surface area contributed by atoms with Crippen LogP contribution >= 0.6 is 11.8 Å². The summed E-state index contributed by atoms with van der Waals surface area (Å²) in [5.74, 6) is 0. The molecular weight excluding hydrogens is 190 g/mol. The number of aryl methyl sites for hydroxylation is 1. The molecule has 0 amide bonds. The third-order valence-electron chi connectivity index (χ3n) is 1.51. The van der Waals surface area contributed by atoms with Gasteiger partial charge in [-0.2, -0.15) is 8.78 Å². The van der Waals surface area contributed by atoms with Gasteiger partial charge in [0, 0.05) is 4.90 Å². The Hall–Kier alpha value is -0.830. The second-order valence-electron chi connectivity index (χ2n) is 2.68. The third kappa shape index (κ3) is 3.19. The van der Waals surface area contributed by atoms with Gasteiger partial charge in [-0.3, -0.25) is 0 Å². The molecule has 70 valence electrons. The van der Waals surface area contributed by atoms with Crippen LogP contribution in [0.3, 0.4) is 0 Å². The lowest BCUT2D eigenvalue weighted by Gasteiger charge is -2.09. The van der Waals surface area contributed by atoms with Crippen LogP contribution in [0.25, 0.3) is 0 Å². The molecule has 0 atom stereocenters. The van der Waals surface area contributed by atoms with E-state index in [9.17, 15) is 8.78 Å². The molecule has 0 nitrogen and oxygen atoms in total. The molecule has 0 heterocycles. The summed E-state index contributed by atoms with van der Waals surface area (Å²) >= 11 is 0.503. The number of benzene rings is 1. The van der Waals surface area contributed by atoms with Gasteiger partial charge in [-0.1, -0.05) is 24.3 Å². The Morgan fingerprint density at radius 2 is 1.85 bits per heavy atom. The first-order valence-corrected chi connectivity index (χ1v) is 4.62. The van der Waals surface area contributed by atoms with E-state index < -0.39 is 5.25 Å². The minimum Gasteiger partial charge on any atom is -0.189 e. The highest BCUT2D eigenvalue weighted by Gasteiger charge is 2.25. The van der Waals surface area contributed by atoms with Crippen molar-refractivity contribution in [2.24, 2.45) is 0 Å². The number of alkyl halides is 2. The summed E-state index contributed by atoms with van der Waals surface area (Å²) in [4.78, 5) is 0.551.